The molecule has 0 bridgehead atoms. The molecule has 1 amide bonds. The molecule has 1 heterocycles. The molecule has 3 nitrogen and oxygen atoms in total. The number of carbonyl (C=O) groups is 1. The zero-order valence-electron chi connectivity index (χ0n) is 25.8. The van der Waals surface area contributed by atoms with Gasteiger partial charge in [-0.25, -0.2) is 4.39 Å². The van der Waals surface area contributed by atoms with Gasteiger partial charge in [-0.2, -0.15) is 5.11 Å². The molecule has 0 spiro atoms. The van der Waals surface area contributed by atoms with Crippen molar-refractivity contribution < 1.29 is 9.18 Å². The molecule has 2 unspecified atom stereocenters. The Kier molecular flexibility index (Phi) is 23.3. The first kappa shape index (κ1) is 35.2. The van der Waals surface area contributed by atoms with Crippen molar-refractivity contribution in [3.8, 4) is 0 Å². The summed E-state index contributed by atoms with van der Waals surface area (Å²) in [5.41, 5.74) is -1.82. The van der Waals surface area contributed by atoms with Crippen LogP contribution in [0.5, 0.6) is 0 Å². The van der Waals surface area contributed by atoms with Crippen LogP contribution in [0.25, 0.3) is 0 Å². The van der Waals surface area contributed by atoms with Crippen molar-refractivity contribution in [2.24, 2.45) is 10.2 Å². The predicted octanol–water partition coefficient (Wildman–Crippen LogP) is 12.4. The third kappa shape index (κ3) is 17.7. The van der Waals surface area contributed by atoms with Crippen LogP contribution in [-0.2, 0) is 4.79 Å². The maximum Gasteiger partial charge on any atom is 0.303 e. The third-order valence-corrected chi connectivity index (χ3v) is 8.65. The number of halogens is 1. The van der Waals surface area contributed by atoms with Gasteiger partial charge in [0, 0.05) is 0 Å². The molecule has 0 saturated carbocycles. The number of carbonyl (C=O) groups excluding carboxylic acids is 1. The van der Waals surface area contributed by atoms with E-state index in [0.29, 0.717) is 12.8 Å². The van der Waals surface area contributed by atoms with E-state index in [9.17, 15) is 4.79 Å². The maximum absolute atomic E-state index is 15.4. The van der Waals surface area contributed by atoms with E-state index < -0.39 is 17.6 Å². The first-order valence-corrected chi connectivity index (χ1v) is 17.3. The summed E-state index contributed by atoms with van der Waals surface area (Å²) in [6, 6.07) is -0.537. The Hall–Kier alpha value is -0.800. The van der Waals surface area contributed by atoms with Crippen LogP contribution in [0.4, 0.5) is 4.39 Å². The molecular formula is C34H65FN2O. The van der Waals surface area contributed by atoms with Gasteiger partial charge in [-0.1, -0.05) is 181 Å². The molecule has 0 aromatic carbocycles. The fourth-order valence-corrected chi connectivity index (χ4v) is 5.93. The molecule has 1 aliphatic heterocycles. The Bertz CT molecular complexity index is 567. The molecular weight excluding hydrogens is 471 g/mol. The molecule has 224 valence electrons. The summed E-state index contributed by atoms with van der Waals surface area (Å²) in [7, 11) is 0. The van der Waals surface area contributed by atoms with Crippen molar-refractivity contribution in [2.75, 3.05) is 0 Å². The minimum atomic E-state index is -1.82. The molecule has 38 heavy (non-hydrogen) atoms. The van der Waals surface area contributed by atoms with Crippen molar-refractivity contribution in [2.45, 2.75) is 212 Å². The highest BCUT2D eigenvalue weighted by Gasteiger charge is 2.50. The largest absolute Gasteiger partial charge is 0.303 e. The van der Waals surface area contributed by atoms with E-state index in [1.807, 2.05) is 0 Å². The van der Waals surface area contributed by atoms with Gasteiger partial charge in [0.2, 0.25) is 5.67 Å². The molecule has 0 fully saturated rings. The third-order valence-electron chi connectivity index (χ3n) is 8.65. The summed E-state index contributed by atoms with van der Waals surface area (Å²) in [5.74, 6) is -0.622. The second-order valence-corrected chi connectivity index (χ2v) is 12.3. The SMILES string of the molecule is CCCCCCCCCCCCCCCCCCCCCC1N=NC(=O)C1(F)CCCCCCCCCC. The van der Waals surface area contributed by atoms with Crippen LogP contribution in [0.3, 0.4) is 0 Å². The molecule has 4 heteroatoms. The standard InChI is InChI=1S/C34H65FN2O/c1-3-5-7-9-11-13-14-15-16-17-18-19-20-21-22-23-24-26-28-30-32-34(35,33(38)37-36-32)31-29-27-25-12-10-8-6-4-2/h32H,3-31H2,1-2H3. The Morgan fingerprint density at radius 3 is 1.21 bits per heavy atom. The van der Waals surface area contributed by atoms with E-state index in [0.717, 1.165) is 32.1 Å². The van der Waals surface area contributed by atoms with Gasteiger partial charge in [-0.3, -0.25) is 4.79 Å². The van der Waals surface area contributed by atoms with Gasteiger partial charge in [0.15, 0.2) is 0 Å². The molecule has 0 aromatic heterocycles. The molecule has 0 aromatic rings. The number of hydrogen-bond donors (Lipinski definition) is 0. The van der Waals surface area contributed by atoms with Gasteiger partial charge in [-0.05, 0) is 19.3 Å². The lowest BCUT2D eigenvalue weighted by molar-refractivity contribution is -0.128. The number of alkyl halides is 1. The smallest absolute Gasteiger partial charge is 0.267 e. The van der Waals surface area contributed by atoms with Crippen LogP contribution < -0.4 is 0 Å². The van der Waals surface area contributed by atoms with Crippen molar-refractivity contribution in [1.82, 2.24) is 0 Å². The van der Waals surface area contributed by atoms with Crippen LogP contribution in [0.15, 0.2) is 10.2 Å². The van der Waals surface area contributed by atoms with Crippen molar-refractivity contribution >= 4 is 5.91 Å². The number of amides is 1. The van der Waals surface area contributed by atoms with Crippen LogP contribution in [0, 0.1) is 0 Å². The summed E-state index contributed by atoms with van der Waals surface area (Å²) in [5, 5.41) is 7.67. The van der Waals surface area contributed by atoms with Crippen LogP contribution in [0.2, 0.25) is 0 Å². The highest BCUT2D eigenvalue weighted by Crippen LogP contribution is 2.36. The first-order chi connectivity index (χ1) is 18.6. The summed E-state index contributed by atoms with van der Waals surface area (Å²) in [6.45, 7) is 4.52. The lowest BCUT2D eigenvalue weighted by atomic mass is 9.87. The summed E-state index contributed by atoms with van der Waals surface area (Å²) >= 11 is 0. The number of hydrogen-bond acceptors (Lipinski definition) is 2. The van der Waals surface area contributed by atoms with Gasteiger partial charge in [0.25, 0.3) is 0 Å². The van der Waals surface area contributed by atoms with Crippen LogP contribution >= 0.6 is 0 Å². The number of unbranched alkanes of at least 4 members (excludes halogenated alkanes) is 25. The minimum absolute atomic E-state index is 0.303. The zero-order valence-corrected chi connectivity index (χ0v) is 25.8. The quantitative estimate of drug-likeness (QED) is 0.0876. The summed E-state index contributed by atoms with van der Waals surface area (Å²) in [4.78, 5) is 12.1. The zero-order chi connectivity index (χ0) is 27.6. The number of rotatable bonds is 29. The van der Waals surface area contributed by atoms with Crippen molar-refractivity contribution in [1.29, 1.82) is 0 Å². The van der Waals surface area contributed by atoms with Crippen molar-refractivity contribution in [3.05, 3.63) is 0 Å². The molecule has 0 N–H and O–H groups in total. The van der Waals surface area contributed by atoms with Gasteiger partial charge in [0.05, 0.1) is 0 Å². The van der Waals surface area contributed by atoms with E-state index in [2.05, 4.69) is 24.1 Å². The van der Waals surface area contributed by atoms with E-state index in [1.54, 1.807) is 0 Å². The summed E-state index contributed by atoms with van der Waals surface area (Å²) in [6.07, 6.45) is 36.0. The average Bonchev–Trinajstić information content (AvgIpc) is 3.20. The Morgan fingerprint density at radius 1 is 0.526 bits per heavy atom. The van der Waals surface area contributed by atoms with Gasteiger partial charge in [-0.15, -0.1) is 5.11 Å². The molecule has 0 radical (unpaired) electrons. The molecule has 0 aliphatic carbocycles. The van der Waals surface area contributed by atoms with Crippen LogP contribution in [0.1, 0.15) is 200 Å². The Labute approximate surface area is 237 Å². The van der Waals surface area contributed by atoms with E-state index >= 15 is 4.39 Å². The molecule has 0 saturated heterocycles. The highest BCUT2D eigenvalue weighted by molar-refractivity contribution is 5.88. The minimum Gasteiger partial charge on any atom is -0.267 e. The number of azo groups is 1. The van der Waals surface area contributed by atoms with Gasteiger partial charge < -0.3 is 0 Å². The lowest BCUT2D eigenvalue weighted by Gasteiger charge is -2.22. The maximum atomic E-state index is 15.4. The predicted molar refractivity (Wildman–Crippen MR) is 163 cm³/mol. The van der Waals surface area contributed by atoms with Gasteiger partial charge in [0.1, 0.15) is 6.04 Å². The average molecular weight is 537 g/mol. The van der Waals surface area contributed by atoms with Crippen molar-refractivity contribution in [3.63, 3.8) is 0 Å². The monoisotopic (exact) mass is 537 g/mol. The second-order valence-electron chi connectivity index (χ2n) is 12.3. The second kappa shape index (κ2) is 25.2. The first-order valence-electron chi connectivity index (χ1n) is 17.3. The Morgan fingerprint density at radius 2 is 0.842 bits per heavy atom. The van der Waals surface area contributed by atoms with E-state index in [1.165, 1.54) is 141 Å². The number of nitrogens with zero attached hydrogens (tertiary/aromatic N) is 2. The fourth-order valence-electron chi connectivity index (χ4n) is 5.93. The fraction of sp³-hybridized carbons (Fsp3) is 0.971. The lowest BCUT2D eigenvalue weighted by Crippen LogP contribution is -2.39. The highest BCUT2D eigenvalue weighted by atomic mass is 19.1. The molecule has 1 aliphatic rings. The van der Waals surface area contributed by atoms with Crippen LogP contribution in [-0.4, -0.2) is 17.6 Å². The Balaban J connectivity index is 1.91. The van der Waals surface area contributed by atoms with Gasteiger partial charge >= 0.3 is 5.91 Å². The van der Waals surface area contributed by atoms with E-state index in [4.69, 9.17) is 0 Å². The topological polar surface area (TPSA) is 41.8 Å². The summed E-state index contributed by atoms with van der Waals surface area (Å²) < 4.78 is 15.4. The molecule has 1 rings (SSSR count). The van der Waals surface area contributed by atoms with E-state index in [-0.39, 0.29) is 0 Å². The molecule has 2 atom stereocenters. The normalized spacial score (nSPS) is 19.1.